The van der Waals surface area contributed by atoms with Gasteiger partial charge >= 0.3 is 12.0 Å². The first-order valence-electron chi connectivity index (χ1n) is 6.64. The first-order chi connectivity index (χ1) is 9.49. The maximum Gasteiger partial charge on any atom is 0.317 e. The summed E-state index contributed by atoms with van der Waals surface area (Å²) in [6.07, 6.45) is 3.43. The zero-order valence-electron chi connectivity index (χ0n) is 11.7. The van der Waals surface area contributed by atoms with Gasteiger partial charge in [-0.1, -0.05) is 6.92 Å². The molecule has 0 radical (unpaired) electrons. The third-order valence-electron chi connectivity index (χ3n) is 3.79. The lowest BCUT2D eigenvalue weighted by atomic mass is 9.99. The Labute approximate surface area is 117 Å². The highest BCUT2D eigenvalue weighted by Crippen LogP contribution is 2.23. The summed E-state index contributed by atoms with van der Waals surface area (Å²) in [5.41, 5.74) is 2.03. The maximum atomic E-state index is 12.0. The first-order valence-corrected chi connectivity index (χ1v) is 6.64. The van der Waals surface area contributed by atoms with Crippen LogP contribution in [0.1, 0.15) is 18.1 Å². The number of amides is 2. The van der Waals surface area contributed by atoms with Gasteiger partial charge in [-0.15, -0.1) is 0 Å². The number of carbonyl (C=O) groups is 2. The molecule has 108 valence electrons. The first kappa shape index (κ1) is 14.3. The van der Waals surface area contributed by atoms with Gasteiger partial charge in [0.25, 0.3) is 0 Å². The normalized spacial score (nSPS) is 21.8. The van der Waals surface area contributed by atoms with Crippen LogP contribution in [0.25, 0.3) is 0 Å². The second-order valence-corrected chi connectivity index (χ2v) is 5.29. The zero-order chi connectivity index (χ0) is 14.7. The molecule has 0 spiro atoms. The monoisotopic (exact) mass is 277 g/mol. The van der Waals surface area contributed by atoms with Crippen LogP contribution in [0.4, 0.5) is 4.79 Å². The molecule has 1 aromatic rings. The fourth-order valence-electron chi connectivity index (χ4n) is 2.42. The second kappa shape index (κ2) is 5.90. The van der Waals surface area contributed by atoms with Crippen molar-refractivity contribution in [1.82, 2.24) is 15.2 Å². The minimum absolute atomic E-state index is 0.0154. The van der Waals surface area contributed by atoms with Crippen molar-refractivity contribution in [3.05, 3.63) is 29.6 Å². The molecule has 2 amide bonds. The van der Waals surface area contributed by atoms with Gasteiger partial charge in [0.05, 0.1) is 5.92 Å². The highest BCUT2D eigenvalue weighted by atomic mass is 16.4. The van der Waals surface area contributed by atoms with Crippen molar-refractivity contribution in [2.75, 3.05) is 13.1 Å². The molecule has 6 heteroatoms. The lowest BCUT2D eigenvalue weighted by Crippen LogP contribution is -2.38. The van der Waals surface area contributed by atoms with Crippen LogP contribution in [0.15, 0.2) is 18.5 Å². The average Bonchev–Trinajstić information content (AvgIpc) is 2.80. The molecule has 0 saturated carbocycles. The molecule has 1 fully saturated rings. The Hall–Kier alpha value is -2.11. The molecule has 1 saturated heterocycles. The number of hydrogen-bond acceptors (Lipinski definition) is 3. The van der Waals surface area contributed by atoms with Crippen molar-refractivity contribution >= 4 is 12.0 Å². The summed E-state index contributed by atoms with van der Waals surface area (Å²) in [7, 11) is 0. The van der Waals surface area contributed by atoms with Gasteiger partial charge in [-0.05, 0) is 30.0 Å². The third-order valence-corrected chi connectivity index (χ3v) is 3.79. The number of carboxylic acid groups (broad SMARTS) is 1. The Balaban J connectivity index is 1.90. The lowest BCUT2D eigenvalue weighted by Gasteiger charge is -2.17. The minimum Gasteiger partial charge on any atom is -0.481 e. The van der Waals surface area contributed by atoms with Gasteiger partial charge in [0.2, 0.25) is 0 Å². The number of nitrogens with one attached hydrogen (secondary N) is 1. The molecule has 1 aliphatic rings. The maximum absolute atomic E-state index is 12.0. The van der Waals surface area contributed by atoms with Crippen LogP contribution < -0.4 is 5.32 Å². The lowest BCUT2D eigenvalue weighted by molar-refractivity contribution is -0.142. The largest absolute Gasteiger partial charge is 0.481 e. The zero-order valence-corrected chi connectivity index (χ0v) is 11.7. The predicted octanol–water partition coefficient (Wildman–Crippen LogP) is 1.25. The Kier molecular flexibility index (Phi) is 4.22. The van der Waals surface area contributed by atoms with Gasteiger partial charge in [-0.25, -0.2) is 4.79 Å². The Bertz CT molecular complexity index is 518. The number of aromatic nitrogens is 1. The van der Waals surface area contributed by atoms with Crippen molar-refractivity contribution < 1.29 is 14.7 Å². The van der Waals surface area contributed by atoms with Crippen LogP contribution in [-0.4, -0.2) is 40.1 Å². The Morgan fingerprint density at radius 2 is 2.25 bits per heavy atom. The van der Waals surface area contributed by atoms with E-state index in [2.05, 4.69) is 10.3 Å². The number of nitrogens with zero attached hydrogens (tertiary/aromatic N) is 2. The van der Waals surface area contributed by atoms with E-state index in [9.17, 15) is 9.59 Å². The van der Waals surface area contributed by atoms with E-state index < -0.39 is 11.9 Å². The summed E-state index contributed by atoms with van der Waals surface area (Å²) in [6, 6.07) is 1.67. The fraction of sp³-hybridized carbons (Fsp3) is 0.500. The van der Waals surface area contributed by atoms with E-state index in [4.69, 9.17) is 5.11 Å². The topological polar surface area (TPSA) is 82.5 Å². The van der Waals surface area contributed by atoms with Crippen molar-refractivity contribution in [2.24, 2.45) is 11.8 Å². The van der Waals surface area contributed by atoms with Crippen LogP contribution in [-0.2, 0) is 11.3 Å². The van der Waals surface area contributed by atoms with Gasteiger partial charge in [-0.3, -0.25) is 9.78 Å². The quantitative estimate of drug-likeness (QED) is 0.871. The average molecular weight is 277 g/mol. The SMILES string of the molecule is Cc1ccncc1CNC(=O)N1CC(C)C(C(=O)O)C1. The van der Waals surface area contributed by atoms with E-state index in [1.807, 2.05) is 19.9 Å². The van der Waals surface area contributed by atoms with Crippen molar-refractivity contribution in [3.8, 4) is 0 Å². The number of aliphatic carboxylic acids is 1. The second-order valence-electron chi connectivity index (χ2n) is 5.29. The van der Waals surface area contributed by atoms with Crippen molar-refractivity contribution in [2.45, 2.75) is 20.4 Å². The summed E-state index contributed by atoms with van der Waals surface area (Å²) in [5, 5.41) is 11.9. The van der Waals surface area contributed by atoms with Gasteiger partial charge in [0.15, 0.2) is 0 Å². The van der Waals surface area contributed by atoms with E-state index in [0.717, 1.165) is 11.1 Å². The summed E-state index contributed by atoms with van der Waals surface area (Å²) >= 11 is 0. The van der Waals surface area contributed by atoms with E-state index in [1.165, 1.54) is 0 Å². The van der Waals surface area contributed by atoms with Crippen LogP contribution in [0, 0.1) is 18.8 Å². The number of rotatable bonds is 3. The summed E-state index contributed by atoms with van der Waals surface area (Å²) in [5.74, 6) is -1.32. The van der Waals surface area contributed by atoms with Crippen LogP contribution in [0.2, 0.25) is 0 Å². The Morgan fingerprint density at radius 3 is 2.85 bits per heavy atom. The number of carboxylic acids is 1. The fourth-order valence-corrected chi connectivity index (χ4v) is 2.42. The van der Waals surface area contributed by atoms with Crippen molar-refractivity contribution in [3.63, 3.8) is 0 Å². The number of pyridine rings is 1. The molecule has 1 aromatic heterocycles. The van der Waals surface area contributed by atoms with Gasteiger partial charge in [-0.2, -0.15) is 0 Å². The molecule has 1 aliphatic heterocycles. The molecular weight excluding hydrogens is 258 g/mol. The summed E-state index contributed by atoms with van der Waals surface area (Å²) in [6.45, 7) is 4.98. The summed E-state index contributed by atoms with van der Waals surface area (Å²) < 4.78 is 0. The summed E-state index contributed by atoms with van der Waals surface area (Å²) in [4.78, 5) is 28.7. The molecule has 0 bridgehead atoms. The van der Waals surface area contributed by atoms with E-state index in [1.54, 1.807) is 17.3 Å². The highest BCUT2D eigenvalue weighted by molar-refractivity contribution is 5.77. The molecule has 2 N–H and O–H groups in total. The van der Waals surface area contributed by atoms with Crippen LogP contribution >= 0.6 is 0 Å². The van der Waals surface area contributed by atoms with Crippen LogP contribution in [0.3, 0.4) is 0 Å². The molecule has 2 atom stereocenters. The number of carbonyl (C=O) groups excluding carboxylic acids is 1. The van der Waals surface area contributed by atoms with Gasteiger partial charge < -0.3 is 15.3 Å². The van der Waals surface area contributed by atoms with Crippen molar-refractivity contribution in [1.29, 1.82) is 0 Å². The molecule has 2 unspecified atom stereocenters. The molecule has 2 rings (SSSR count). The standard InChI is InChI=1S/C14H19N3O3/c1-9-3-4-15-5-11(9)6-16-14(20)17-7-10(2)12(8-17)13(18)19/h3-5,10,12H,6-8H2,1-2H3,(H,16,20)(H,18,19). The minimum atomic E-state index is -0.837. The third kappa shape index (κ3) is 3.07. The van der Waals surface area contributed by atoms with Gasteiger partial charge in [0.1, 0.15) is 0 Å². The van der Waals surface area contributed by atoms with Gasteiger partial charge in [0, 0.05) is 32.0 Å². The highest BCUT2D eigenvalue weighted by Gasteiger charge is 2.36. The molecule has 0 aromatic carbocycles. The van der Waals surface area contributed by atoms with E-state index in [-0.39, 0.29) is 18.5 Å². The molecule has 0 aliphatic carbocycles. The van der Waals surface area contributed by atoms with E-state index >= 15 is 0 Å². The molecule has 6 nitrogen and oxygen atoms in total. The number of likely N-dealkylation sites (tertiary alicyclic amines) is 1. The smallest absolute Gasteiger partial charge is 0.317 e. The Morgan fingerprint density at radius 1 is 1.50 bits per heavy atom. The van der Waals surface area contributed by atoms with Crippen LogP contribution in [0.5, 0.6) is 0 Å². The number of aryl methyl sites for hydroxylation is 1. The molecule has 20 heavy (non-hydrogen) atoms. The number of hydrogen-bond donors (Lipinski definition) is 2. The van der Waals surface area contributed by atoms with E-state index in [0.29, 0.717) is 13.1 Å². The predicted molar refractivity (Wildman–Crippen MR) is 73.1 cm³/mol. The molecule has 2 heterocycles. The molecular formula is C14H19N3O3. The number of urea groups is 1.